The SMILES string of the molecule is N=C=O.N=C=O.[O-][Cl+3]([O-])([O-])O. The fraction of sp³-hybridized carbons (Fsp3) is 0. The zero-order valence-electron chi connectivity index (χ0n) is 4.87. The van der Waals surface area contributed by atoms with Crippen molar-refractivity contribution in [2.75, 3.05) is 0 Å². The Morgan fingerprint density at radius 1 is 1.09 bits per heavy atom. The smallest absolute Gasteiger partial charge is 0.222 e. The van der Waals surface area contributed by atoms with E-state index in [1.165, 1.54) is 0 Å². The maximum atomic E-state index is 8.60. The van der Waals surface area contributed by atoms with E-state index in [1.807, 2.05) is 0 Å². The maximum absolute atomic E-state index is 8.60. The second-order valence-corrected chi connectivity index (χ2v) is 1.39. The molecule has 3 N–H and O–H groups in total. The molecule has 0 heterocycles. The van der Waals surface area contributed by atoms with Crippen LogP contribution in [0.5, 0.6) is 0 Å². The second-order valence-electron chi connectivity index (χ2n) is 0.600. The molecule has 0 spiro atoms. The predicted octanol–water partition coefficient (Wildman–Crippen LogP) is -4.32. The maximum Gasteiger partial charge on any atom is 0.231 e. The molecule has 0 aromatic carbocycles. The standard InChI is InChI=1S/2CHNO.ClHO4/c2*2-1-3;2-1(3,4)5/h2*2H;(H,2,3,4,5). The summed E-state index contributed by atoms with van der Waals surface area (Å²) in [5.41, 5.74) is 0. The van der Waals surface area contributed by atoms with E-state index in [0.717, 1.165) is 12.2 Å². The minimum atomic E-state index is -4.69. The summed E-state index contributed by atoms with van der Waals surface area (Å²) in [6.45, 7) is 0. The van der Waals surface area contributed by atoms with Crippen LogP contribution in [0.2, 0.25) is 0 Å². The lowest BCUT2D eigenvalue weighted by Gasteiger charge is -2.03. The van der Waals surface area contributed by atoms with Crippen LogP contribution in [0.4, 0.5) is 0 Å². The zero-order chi connectivity index (χ0) is 9.91. The number of nitrogens with one attached hydrogen (secondary N) is 2. The number of rotatable bonds is 0. The Morgan fingerprint density at radius 3 is 1.09 bits per heavy atom. The zero-order valence-corrected chi connectivity index (χ0v) is 5.62. The molecule has 0 aliphatic rings. The Kier molecular flexibility index (Phi) is 17.4. The lowest BCUT2D eigenvalue weighted by atomic mass is 11.7. The topological polar surface area (TPSA) is 171 Å². The van der Waals surface area contributed by atoms with E-state index in [-0.39, 0.29) is 0 Å². The van der Waals surface area contributed by atoms with Gasteiger partial charge in [0.1, 0.15) is 0 Å². The third kappa shape index (κ3) is 343. The third-order valence-electron chi connectivity index (χ3n) is 0. The molecule has 0 bridgehead atoms. The van der Waals surface area contributed by atoms with Crippen molar-refractivity contribution in [3.05, 3.63) is 0 Å². The van der Waals surface area contributed by atoms with Crippen molar-refractivity contribution in [3.8, 4) is 0 Å². The van der Waals surface area contributed by atoms with Gasteiger partial charge in [0.2, 0.25) is 12.2 Å². The molecule has 0 saturated carbocycles. The first-order chi connectivity index (χ1) is 4.83. The van der Waals surface area contributed by atoms with E-state index in [0.29, 0.717) is 0 Å². The highest BCUT2D eigenvalue weighted by atomic mass is 35.7. The Labute approximate surface area is 62.4 Å². The summed E-state index contributed by atoms with van der Waals surface area (Å²) >= 11 is 0. The number of hydrogen-bond donors (Lipinski definition) is 3. The quantitative estimate of drug-likeness (QED) is 0.255. The molecule has 0 aromatic rings. The van der Waals surface area contributed by atoms with Crippen LogP contribution in [-0.4, -0.2) is 16.8 Å². The molecular weight excluding hydrogens is 183 g/mol. The van der Waals surface area contributed by atoms with E-state index in [2.05, 4.69) is 0 Å². The summed E-state index contributed by atoms with van der Waals surface area (Å²) in [6.07, 6.45) is 1.50. The van der Waals surface area contributed by atoms with Gasteiger partial charge in [0, 0.05) is 0 Å². The number of halogens is 1. The Bertz CT molecular complexity index is 121. The van der Waals surface area contributed by atoms with Gasteiger partial charge < -0.3 is 0 Å². The molecule has 9 heteroatoms. The van der Waals surface area contributed by atoms with Gasteiger partial charge in [-0.1, -0.05) is 0 Å². The third-order valence-corrected chi connectivity index (χ3v) is 0. The van der Waals surface area contributed by atoms with Crippen molar-refractivity contribution in [2.45, 2.75) is 0 Å². The largest absolute Gasteiger partial charge is 0.231 e. The van der Waals surface area contributed by atoms with Crippen LogP contribution in [0.1, 0.15) is 0 Å². The van der Waals surface area contributed by atoms with Gasteiger partial charge in [0.25, 0.3) is 0 Å². The van der Waals surface area contributed by atoms with Crippen LogP contribution in [0.15, 0.2) is 0 Å². The molecule has 0 aromatic heterocycles. The van der Waals surface area contributed by atoms with Crippen molar-refractivity contribution in [1.29, 1.82) is 10.8 Å². The van der Waals surface area contributed by atoms with E-state index in [9.17, 15) is 0 Å². The number of isocyanates is 2. The molecule has 0 amide bonds. The predicted molar refractivity (Wildman–Crippen MR) is 19.0 cm³/mol. The van der Waals surface area contributed by atoms with Crippen LogP contribution in [0.3, 0.4) is 0 Å². The highest BCUT2D eigenvalue weighted by Crippen LogP contribution is 1.60. The minimum absolute atomic E-state index is 0.750. The molecule has 0 atom stereocenters. The van der Waals surface area contributed by atoms with Gasteiger partial charge in [-0.05, 0) is 0 Å². The van der Waals surface area contributed by atoms with E-state index >= 15 is 0 Å². The monoisotopic (exact) mass is 186 g/mol. The summed E-state index contributed by atoms with van der Waals surface area (Å²) in [7, 11) is -4.69. The molecule has 0 rings (SSSR count). The first-order valence-electron chi connectivity index (χ1n) is 1.54. The van der Waals surface area contributed by atoms with Crippen LogP contribution in [-0.2, 0) is 9.59 Å². The van der Waals surface area contributed by atoms with Gasteiger partial charge in [-0.2, -0.15) is 14.0 Å². The van der Waals surface area contributed by atoms with Crippen LogP contribution in [0.25, 0.3) is 0 Å². The lowest BCUT2D eigenvalue weighted by molar-refractivity contribution is -1.92. The van der Waals surface area contributed by atoms with E-state index in [1.54, 1.807) is 0 Å². The molecule has 8 nitrogen and oxygen atoms in total. The molecule has 11 heavy (non-hydrogen) atoms. The van der Waals surface area contributed by atoms with Gasteiger partial charge in [0.15, 0.2) is 0 Å². The van der Waals surface area contributed by atoms with Crippen LogP contribution >= 0.6 is 0 Å². The number of hydrogen-bond acceptors (Lipinski definition) is 8. The molecule has 0 radical (unpaired) electrons. The van der Waals surface area contributed by atoms with Gasteiger partial charge in [-0.15, -0.1) is 0 Å². The molecule has 0 saturated heterocycles. The second kappa shape index (κ2) is 11.7. The van der Waals surface area contributed by atoms with Crippen LogP contribution < -0.4 is 14.0 Å². The first-order valence-corrected chi connectivity index (χ1v) is 2.80. The highest BCUT2D eigenvalue weighted by molar-refractivity contribution is 5.26. The van der Waals surface area contributed by atoms with Crippen molar-refractivity contribution in [2.24, 2.45) is 0 Å². The molecule has 0 unspecified atom stereocenters. The molecule has 0 fully saturated rings. The van der Waals surface area contributed by atoms with E-state index in [4.69, 9.17) is 39.0 Å². The minimum Gasteiger partial charge on any atom is -0.222 e. The number of carbonyl (C=O) groups excluding carboxylic acids is 2. The Morgan fingerprint density at radius 2 is 1.09 bits per heavy atom. The highest BCUT2D eigenvalue weighted by Gasteiger charge is 1.98. The van der Waals surface area contributed by atoms with Gasteiger partial charge in [0.05, 0.1) is 14.9 Å². The molecule has 64 valence electrons. The normalized spacial score (nSPS) is 6.91. The average molecular weight is 187 g/mol. The van der Waals surface area contributed by atoms with Gasteiger partial charge >= 0.3 is 0 Å². The Hall–Kier alpha value is -1.11. The van der Waals surface area contributed by atoms with Crippen molar-refractivity contribution in [3.63, 3.8) is 0 Å². The first kappa shape index (κ1) is 16.5. The molecule has 0 aliphatic heterocycles. The average Bonchev–Trinajstić information content (AvgIpc) is 1.62. The molecular formula is C2H3ClN2O6. The summed E-state index contributed by atoms with van der Waals surface area (Å²) < 4.78 is 32.7. The van der Waals surface area contributed by atoms with Crippen molar-refractivity contribution >= 4 is 12.2 Å². The van der Waals surface area contributed by atoms with Gasteiger partial charge in [-0.25, -0.2) is 20.4 Å². The summed E-state index contributed by atoms with van der Waals surface area (Å²) in [6, 6.07) is 0. The lowest BCUT2D eigenvalue weighted by Crippen LogP contribution is -2.58. The fourth-order valence-electron chi connectivity index (χ4n) is 0. The summed E-state index contributed by atoms with van der Waals surface area (Å²) in [5.74, 6) is 0. The van der Waals surface area contributed by atoms with Crippen LogP contribution in [0, 0.1) is 21.1 Å². The van der Waals surface area contributed by atoms with E-state index < -0.39 is 10.2 Å². The molecule has 0 aliphatic carbocycles. The fourth-order valence-corrected chi connectivity index (χ4v) is 0. The summed E-state index contributed by atoms with van der Waals surface area (Å²) in [4.78, 5) is 16.7. The Balaban J connectivity index is -0.0000000933. The van der Waals surface area contributed by atoms with Gasteiger partial charge in [-0.3, -0.25) is 0 Å². The van der Waals surface area contributed by atoms with Crippen molar-refractivity contribution in [1.82, 2.24) is 0 Å². The summed E-state index contributed by atoms with van der Waals surface area (Å²) in [5, 5.41) is 10.8. The van der Waals surface area contributed by atoms with Crippen molar-refractivity contribution < 1.29 is 38.5 Å².